The lowest BCUT2D eigenvalue weighted by molar-refractivity contribution is -0.199. The molecule has 1 unspecified atom stereocenters. The average molecular weight is 210 g/mol. The number of rotatable bonds is 4. The van der Waals surface area contributed by atoms with Crippen molar-refractivity contribution in [2.24, 2.45) is 5.92 Å². The maximum atomic E-state index is 11.5. The minimum Gasteiger partial charge on any atom is -0.368 e. The maximum absolute atomic E-state index is 11.5. The van der Waals surface area contributed by atoms with Crippen molar-refractivity contribution < 1.29 is 9.63 Å². The Morgan fingerprint density at radius 3 is 2.73 bits per heavy atom. The third-order valence-corrected chi connectivity index (χ3v) is 2.63. The van der Waals surface area contributed by atoms with Crippen LogP contribution in [0.4, 0.5) is 0 Å². The van der Waals surface area contributed by atoms with Crippen molar-refractivity contribution in [1.82, 2.24) is 5.06 Å². The van der Waals surface area contributed by atoms with Crippen LogP contribution < -0.4 is 0 Å². The van der Waals surface area contributed by atoms with Gasteiger partial charge in [0.1, 0.15) is 0 Å². The lowest BCUT2D eigenvalue weighted by Crippen LogP contribution is -2.34. The highest BCUT2D eigenvalue weighted by Gasteiger charge is 2.19. The topological polar surface area (TPSA) is 53.3 Å². The number of nitriles is 1. The third kappa shape index (κ3) is 4.30. The summed E-state index contributed by atoms with van der Waals surface area (Å²) in [6.45, 7) is 3.50. The van der Waals surface area contributed by atoms with Crippen molar-refractivity contribution in [2.75, 3.05) is 13.1 Å². The van der Waals surface area contributed by atoms with E-state index in [-0.39, 0.29) is 11.9 Å². The smallest absolute Gasteiger partial charge is 0.327 e. The van der Waals surface area contributed by atoms with E-state index in [9.17, 15) is 4.79 Å². The summed E-state index contributed by atoms with van der Waals surface area (Å²) < 4.78 is 0. The Kier molecular flexibility index (Phi) is 5.13. The molecule has 0 radical (unpaired) electrons. The van der Waals surface area contributed by atoms with Crippen LogP contribution in [0.5, 0.6) is 0 Å². The van der Waals surface area contributed by atoms with E-state index in [0.717, 1.165) is 25.9 Å². The number of hydroxylamine groups is 2. The minimum atomic E-state index is -0.202. The summed E-state index contributed by atoms with van der Waals surface area (Å²) in [6.07, 6.45) is 4.41. The molecule has 1 fully saturated rings. The summed E-state index contributed by atoms with van der Waals surface area (Å²) in [5.74, 6) is -0.376. The first-order valence-corrected chi connectivity index (χ1v) is 5.57. The summed E-state index contributed by atoms with van der Waals surface area (Å²) >= 11 is 0. The molecule has 1 rings (SSSR count). The van der Waals surface area contributed by atoms with Gasteiger partial charge in [0.15, 0.2) is 0 Å². The van der Waals surface area contributed by atoms with E-state index >= 15 is 0 Å². The van der Waals surface area contributed by atoms with Gasteiger partial charge < -0.3 is 4.84 Å². The van der Waals surface area contributed by atoms with Crippen molar-refractivity contribution in [2.45, 2.75) is 39.0 Å². The second-order valence-electron chi connectivity index (χ2n) is 4.00. The summed E-state index contributed by atoms with van der Waals surface area (Å²) in [7, 11) is 0. The van der Waals surface area contributed by atoms with Gasteiger partial charge in [-0.2, -0.15) is 5.26 Å². The van der Waals surface area contributed by atoms with Crippen LogP contribution >= 0.6 is 0 Å². The van der Waals surface area contributed by atoms with E-state index in [1.807, 2.05) is 13.0 Å². The number of hydrogen-bond donors (Lipinski definition) is 0. The highest BCUT2D eigenvalue weighted by molar-refractivity contribution is 5.71. The molecule has 0 aromatic carbocycles. The summed E-state index contributed by atoms with van der Waals surface area (Å²) in [6, 6.07) is 2.04. The molecule has 0 saturated carbocycles. The first-order chi connectivity index (χ1) is 7.24. The summed E-state index contributed by atoms with van der Waals surface area (Å²) in [5, 5.41) is 10.2. The fourth-order valence-corrected chi connectivity index (χ4v) is 1.57. The quantitative estimate of drug-likeness (QED) is 0.710. The van der Waals surface area contributed by atoms with Gasteiger partial charge in [-0.3, -0.25) is 4.79 Å². The largest absolute Gasteiger partial charge is 0.368 e. The molecule has 1 atom stereocenters. The standard InChI is InChI=1S/C11H18N2O2/c1-10(6-5-7-12)11(14)15-13-8-3-2-4-9-13/h10H,2-6,8-9H2,1H3. The van der Waals surface area contributed by atoms with Gasteiger partial charge in [0.2, 0.25) is 0 Å². The van der Waals surface area contributed by atoms with E-state index in [0.29, 0.717) is 12.8 Å². The Hall–Kier alpha value is -1.08. The zero-order chi connectivity index (χ0) is 11.1. The van der Waals surface area contributed by atoms with Crippen LogP contribution in [0.3, 0.4) is 0 Å². The van der Waals surface area contributed by atoms with Crippen LogP contribution in [0.15, 0.2) is 0 Å². The number of piperidine rings is 1. The lowest BCUT2D eigenvalue weighted by Gasteiger charge is -2.25. The van der Waals surface area contributed by atoms with Crippen LogP contribution in [-0.4, -0.2) is 24.1 Å². The van der Waals surface area contributed by atoms with E-state index < -0.39 is 0 Å². The van der Waals surface area contributed by atoms with E-state index in [4.69, 9.17) is 10.1 Å². The monoisotopic (exact) mass is 210 g/mol. The van der Waals surface area contributed by atoms with Crippen molar-refractivity contribution in [3.8, 4) is 6.07 Å². The Balaban J connectivity index is 2.24. The molecule has 1 heterocycles. The predicted molar refractivity (Wildman–Crippen MR) is 55.5 cm³/mol. The highest BCUT2D eigenvalue weighted by Crippen LogP contribution is 2.13. The molecule has 1 aliphatic rings. The fourth-order valence-electron chi connectivity index (χ4n) is 1.57. The van der Waals surface area contributed by atoms with Gasteiger partial charge in [0.25, 0.3) is 0 Å². The number of nitrogens with zero attached hydrogens (tertiary/aromatic N) is 2. The summed E-state index contributed by atoms with van der Waals surface area (Å²) in [4.78, 5) is 16.8. The van der Waals surface area contributed by atoms with Crippen molar-refractivity contribution >= 4 is 5.97 Å². The van der Waals surface area contributed by atoms with Crippen LogP contribution in [0.2, 0.25) is 0 Å². The molecule has 0 bridgehead atoms. The van der Waals surface area contributed by atoms with Gasteiger partial charge in [-0.05, 0) is 19.3 Å². The van der Waals surface area contributed by atoms with E-state index in [2.05, 4.69) is 0 Å². The Bertz CT molecular complexity index is 241. The highest BCUT2D eigenvalue weighted by atomic mass is 16.7. The van der Waals surface area contributed by atoms with Crippen molar-refractivity contribution in [3.05, 3.63) is 0 Å². The molecule has 1 aliphatic heterocycles. The molecule has 1 saturated heterocycles. The SMILES string of the molecule is CC(CCC#N)C(=O)ON1CCCCC1. The molecule has 0 spiro atoms. The van der Waals surface area contributed by atoms with Crippen molar-refractivity contribution in [1.29, 1.82) is 5.26 Å². The number of carbonyl (C=O) groups is 1. The molecule has 4 heteroatoms. The fraction of sp³-hybridized carbons (Fsp3) is 0.818. The lowest BCUT2D eigenvalue weighted by atomic mass is 10.1. The van der Waals surface area contributed by atoms with Crippen LogP contribution in [0, 0.1) is 17.2 Å². The maximum Gasteiger partial charge on any atom is 0.327 e. The number of hydrogen-bond acceptors (Lipinski definition) is 4. The van der Waals surface area contributed by atoms with Crippen LogP contribution in [0.25, 0.3) is 0 Å². The second-order valence-corrected chi connectivity index (χ2v) is 4.00. The first kappa shape index (κ1) is 12.0. The molecule has 4 nitrogen and oxygen atoms in total. The Labute approximate surface area is 90.8 Å². The zero-order valence-corrected chi connectivity index (χ0v) is 9.24. The predicted octanol–water partition coefficient (Wildman–Crippen LogP) is 1.87. The molecular formula is C11H18N2O2. The molecule has 0 aliphatic carbocycles. The first-order valence-electron chi connectivity index (χ1n) is 5.57. The summed E-state index contributed by atoms with van der Waals surface area (Å²) in [5.41, 5.74) is 0. The molecule has 0 aromatic rings. The zero-order valence-electron chi connectivity index (χ0n) is 9.24. The van der Waals surface area contributed by atoms with Gasteiger partial charge in [0, 0.05) is 19.5 Å². The molecule has 0 N–H and O–H groups in total. The number of carbonyl (C=O) groups excluding carboxylic acids is 1. The molecule has 84 valence electrons. The third-order valence-electron chi connectivity index (χ3n) is 2.63. The molecular weight excluding hydrogens is 192 g/mol. The molecule has 0 aromatic heterocycles. The second kappa shape index (κ2) is 6.41. The van der Waals surface area contributed by atoms with Gasteiger partial charge in [-0.1, -0.05) is 13.3 Å². The van der Waals surface area contributed by atoms with Crippen molar-refractivity contribution in [3.63, 3.8) is 0 Å². The normalized spacial score (nSPS) is 19.2. The van der Waals surface area contributed by atoms with Gasteiger partial charge >= 0.3 is 5.97 Å². The van der Waals surface area contributed by atoms with Gasteiger partial charge in [-0.15, -0.1) is 5.06 Å². The molecule has 15 heavy (non-hydrogen) atoms. The molecule has 0 amide bonds. The van der Waals surface area contributed by atoms with E-state index in [1.165, 1.54) is 6.42 Å². The Morgan fingerprint density at radius 2 is 2.13 bits per heavy atom. The van der Waals surface area contributed by atoms with Gasteiger partial charge in [0.05, 0.1) is 12.0 Å². The Morgan fingerprint density at radius 1 is 1.47 bits per heavy atom. The average Bonchev–Trinajstić information content (AvgIpc) is 2.27. The van der Waals surface area contributed by atoms with E-state index in [1.54, 1.807) is 5.06 Å². The van der Waals surface area contributed by atoms with Crippen LogP contribution in [0.1, 0.15) is 39.0 Å². The minimum absolute atomic E-state index is 0.174. The van der Waals surface area contributed by atoms with Gasteiger partial charge in [-0.25, -0.2) is 0 Å². The van der Waals surface area contributed by atoms with Crippen LogP contribution in [-0.2, 0) is 9.63 Å².